The molecular weight excluding hydrogens is 246 g/mol. The SMILES string of the molecule is COc1ccc(CNCC2COCCO2)cc1OC. The first-order valence-electron chi connectivity index (χ1n) is 6.44. The van der Waals surface area contributed by atoms with E-state index >= 15 is 0 Å². The standard InChI is InChI=1S/C14H21NO4/c1-16-13-4-3-11(7-14(13)17-2)8-15-9-12-10-18-5-6-19-12/h3-4,7,12,15H,5-6,8-10H2,1-2H3. The molecule has 0 radical (unpaired) electrons. The summed E-state index contributed by atoms with van der Waals surface area (Å²) in [7, 11) is 3.28. The molecular formula is C14H21NO4. The predicted molar refractivity (Wildman–Crippen MR) is 71.8 cm³/mol. The summed E-state index contributed by atoms with van der Waals surface area (Å²) in [6.45, 7) is 3.60. The van der Waals surface area contributed by atoms with Crippen LogP contribution in [0.3, 0.4) is 0 Å². The molecule has 0 spiro atoms. The first-order valence-corrected chi connectivity index (χ1v) is 6.44. The zero-order valence-corrected chi connectivity index (χ0v) is 11.5. The van der Waals surface area contributed by atoms with Gasteiger partial charge in [0.2, 0.25) is 0 Å². The van der Waals surface area contributed by atoms with Gasteiger partial charge in [-0.2, -0.15) is 0 Å². The summed E-state index contributed by atoms with van der Waals surface area (Å²) in [5.74, 6) is 1.49. The van der Waals surface area contributed by atoms with E-state index in [1.54, 1.807) is 14.2 Å². The molecule has 1 unspecified atom stereocenters. The molecule has 19 heavy (non-hydrogen) atoms. The Morgan fingerprint density at radius 2 is 2.05 bits per heavy atom. The summed E-state index contributed by atoms with van der Waals surface area (Å²) in [4.78, 5) is 0. The van der Waals surface area contributed by atoms with Crippen molar-refractivity contribution in [2.45, 2.75) is 12.6 Å². The molecule has 0 bridgehead atoms. The minimum Gasteiger partial charge on any atom is -0.493 e. The maximum atomic E-state index is 5.57. The van der Waals surface area contributed by atoms with Crippen LogP contribution in [0.1, 0.15) is 5.56 Å². The van der Waals surface area contributed by atoms with E-state index in [2.05, 4.69) is 5.32 Å². The highest BCUT2D eigenvalue weighted by atomic mass is 16.6. The van der Waals surface area contributed by atoms with Gasteiger partial charge in [0.1, 0.15) is 0 Å². The van der Waals surface area contributed by atoms with Crippen molar-refractivity contribution in [2.24, 2.45) is 0 Å². The lowest BCUT2D eigenvalue weighted by Gasteiger charge is -2.23. The average Bonchev–Trinajstić information content (AvgIpc) is 2.48. The third kappa shape index (κ3) is 4.09. The van der Waals surface area contributed by atoms with Crippen LogP contribution in [0.25, 0.3) is 0 Å². The number of hydrogen-bond donors (Lipinski definition) is 1. The minimum absolute atomic E-state index is 0.147. The lowest BCUT2D eigenvalue weighted by atomic mass is 10.2. The van der Waals surface area contributed by atoms with Gasteiger partial charge in [-0.25, -0.2) is 0 Å². The van der Waals surface area contributed by atoms with E-state index in [4.69, 9.17) is 18.9 Å². The van der Waals surface area contributed by atoms with Gasteiger partial charge in [0.05, 0.1) is 40.1 Å². The van der Waals surface area contributed by atoms with Gasteiger partial charge in [0.15, 0.2) is 11.5 Å². The maximum absolute atomic E-state index is 5.57. The molecule has 1 aliphatic heterocycles. The number of benzene rings is 1. The number of ether oxygens (including phenoxy) is 4. The van der Waals surface area contributed by atoms with Crippen LogP contribution in [0, 0.1) is 0 Å². The second-order valence-corrected chi connectivity index (χ2v) is 4.39. The first kappa shape index (κ1) is 14.1. The number of hydrogen-bond acceptors (Lipinski definition) is 5. The van der Waals surface area contributed by atoms with Crippen LogP contribution in [0.5, 0.6) is 11.5 Å². The third-order valence-electron chi connectivity index (χ3n) is 3.03. The van der Waals surface area contributed by atoms with Gasteiger partial charge in [0.25, 0.3) is 0 Å². The van der Waals surface area contributed by atoms with E-state index in [-0.39, 0.29) is 6.10 Å². The summed E-state index contributed by atoms with van der Waals surface area (Å²) >= 11 is 0. The van der Waals surface area contributed by atoms with Crippen LogP contribution in [0.15, 0.2) is 18.2 Å². The monoisotopic (exact) mass is 267 g/mol. The smallest absolute Gasteiger partial charge is 0.161 e. The second kappa shape index (κ2) is 7.33. The van der Waals surface area contributed by atoms with Gasteiger partial charge in [-0.1, -0.05) is 6.07 Å². The second-order valence-electron chi connectivity index (χ2n) is 4.39. The lowest BCUT2D eigenvalue weighted by molar-refractivity contribution is -0.0864. The predicted octanol–water partition coefficient (Wildman–Crippen LogP) is 1.21. The zero-order valence-electron chi connectivity index (χ0n) is 11.5. The Morgan fingerprint density at radius 1 is 1.21 bits per heavy atom. The molecule has 0 amide bonds. The average molecular weight is 267 g/mol. The summed E-state index contributed by atoms with van der Waals surface area (Å²) < 4.78 is 21.4. The fraction of sp³-hybridized carbons (Fsp3) is 0.571. The van der Waals surface area contributed by atoms with Crippen LogP contribution in [0.2, 0.25) is 0 Å². The zero-order chi connectivity index (χ0) is 13.5. The van der Waals surface area contributed by atoms with E-state index in [0.717, 1.165) is 30.2 Å². The Kier molecular flexibility index (Phi) is 5.44. The highest BCUT2D eigenvalue weighted by molar-refractivity contribution is 5.42. The van der Waals surface area contributed by atoms with Gasteiger partial charge in [-0.15, -0.1) is 0 Å². The molecule has 1 N–H and O–H groups in total. The van der Waals surface area contributed by atoms with Crippen molar-refractivity contribution in [1.29, 1.82) is 0 Å². The topological polar surface area (TPSA) is 49.0 Å². The number of nitrogens with one attached hydrogen (secondary N) is 1. The van der Waals surface area contributed by atoms with Crippen molar-refractivity contribution in [1.82, 2.24) is 5.32 Å². The van der Waals surface area contributed by atoms with Crippen LogP contribution < -0.4 is 14.8 Å². The van der Waals surface area contributed by atoms with Crippen LogP contribution in [-0.2, 0) is 16.0 Å². The van der Waals surface area contributed by atoms with Gasteiger partial charge in [-0.3, -0.25) is 0 Å². The Morgan fingerprint density at radius 3 is 2.74 bits per heavy atom. The van der Waals surface area contributed by atoms with Crippen molar-refractivity contribution in [3.8, 4) is 11.5 Å². The van der Waals surface area contributed by atoms with Gasteiger partial charge < -0.3 is 24.3 Å². The van der Waals surface area contributed by atoms with Gasteiger partial charge in [-0.05, 0) is 17.7 Å². The number of rotatable bonds is 6. The lowest BCUT2D eigenvalue weighted by Crippen LogP contribution is -2.37. The third-order valence-corrected chi connectivity index (χ3v) is 3.03. The van der Waals surface area contributed by atoms with Crippen LogP contribution in [0.4, 0.5) is 0 Å². The molecule has 5 heteroatoms. The van der Waals surface area contributed by atoms with E-state index in [9.17, 15) is 0 Å². The highest BCUT2D eigenvalue weighted by Crippen LogP contribution is 2.27. The quantitative estimate of drug-likeness (QED) is 0.839. The molecule has 1 aromatic carbocycles. The Hall–Kier alpha value is -1.30. The largest absolute Gasteiger partial charge is 0.493 e. The molecule has 1 fully saturated rings. The molecule has 5 nitrogen and oxygen atoms in total. The molecule has 1 aromatic rings. The summed E-state index contributed by atoms with van der Waals surface area (Å²) in [5, 5.41) is 3.36. The summed E-state index contributed by atoms with van der Waals surface area (Å²) in [5.41, 5.74) is 1.15. The molecule has 0 saturated carbocycles. The van der Waals surface area contributed by atoms with E-state index < -0.39 is 0 Å². The van der Waals surface area contributed by atoms with Crippen molar-refractivity contribution in [3.05, 3.63) is 23.8 Å². The minimum atomic E-state index is 0.147. The maximum Gasteiger partial charge on any atom is 0.161 e. The fourth-order valence-corrected chi connectivity index (χ4v) is 2.02. The molecule has 2 rings (SSSR count). The van der Waals surface area contributed by atoms with Crippen LogP contribution >= 0.6 is 0 Å². The number of methoxy groups -OCH3 is 2. The Bertz CT molecular complexity index is 391. The molecule has 0 aliphatic carbocycles. The van der Waals surface area contributed by atoms with Gasteiger partial charge in [0, 0.05) is 13.1 Å². The highest BCUT2D eigenvalue weighted by Gasteiger charge is 2.13. The van der Waals surface area contributed by atoms with Crippen molar-refractivity contribution in [2.75, 3.05) is 40.6 Å². The van der Waals surface area contributed by atoms with Crippen molar-refractivity contribution >= 4 is 0 Å². The van der Waals surface area contributed by atoms with Gasteiger partial charge >= 0.3 is 0 Å². The van der Waals surface area contributed by atoms with Crippen molar-refractivity contribution in [3.63, 3.8) is 0 Å². The molecule has 0 aromatic heterocycles. The Labute approximate surface area is 113 Å². The molecule has 1 atom stereocenters. The molecule has 106 valence electrons. The van der Waals surface area contributed by atoms with Crippen LogP contribution in [-0.4, -0.2) is 46.7 Å². The molecule has 1 heterocycles. The molecule has 1 saturated heterocycles. The fourth-order valence-electron chi connectivity index (χ4n) is 2.02. The summed E-state index contributed by atoms with van der Waals surface area (Å²) in [6, 6.07) is 5.91. The summed E-state index contributed by atoms with van der Waals surface area (Å²) in [6.07, 6.45) is 0.147. The van der Waals surface area contributed by atoms with E-state index in [1.807, 2.05) is 18.2 Å². The normalized spacial score (nSPS) is 19.2. The molecule has 1 aliphatic rings. The Balaban J connectivity index is 1.81. The van der Waals surface area contributed by atoms with Crippen molar-refractivity contribution < 1.29 is 18.9 Å². The first-order chi connectivity index (χ1) is 9.33. The van der Waals surface area contributed by atoms with E-state index in [1.165, 1.54) is 0 Å². The van der Waals surface area contributed by atoms with E-state index in [0.29, 0.717) is 19.8 Å².